The number of rotatable bonds is 0. The van der Waals surface area contributed by atoms with E-state index >= 15 is 0 Å². The largest absolute Gasteiger partial charge is 0.507 e. The lowest BCUT2D eigenvalue weighted by molar-refractivity contribution is 0.312. The first-order chi connectivity index (χ1) is 5.79. The van der Waals surface area contributed by atoms with Gasteiger partial charge in [-0.1, -0.05) is 6.07 Å². The van der Waals surface area contributed by atoms with Crippen LogP contribution in [0.3, 0.4) is 0 Å². The van der Waals surface area contributed by atoms with Crippen LogP contribution in [0, 0.1) is 0 Å². The van der Waals surface area contributed by atoms with E-state index in [2.05, 4.69) is 5.32 Å². The number of nitrogens with one attached hydrogen (secondary N) is 1. The summed E-state index contributed by atoms with van der Waals surface area (Å²) in [5.41, 5.74) is 1.12. The van der Waals surface area contributed by atoms with Crippen LogP contribution in [0.25, 0.3) is 0 Å². The molecule has 0 saturated carbocycles. The summed E-state index contributed by atoms with van der Waals surface area (Å²) in [6.07, 6.45) is -0.590. The molecule has 1 aromatic carbocycles. The zero-order valence-corrected chi connectivity index (χ0v) is 6.55. The monoisotopic (exact) mass is 167 g/mol. The van der Waals surface area contributed by atoms with Gasteiger partial charge in [0.1, 0.15) is 11.9 Å². The highest BCUT2D eigenvalue weighted by atomic mass is 19.1. The van der Waals surface area contributed by atoms with E-state index in [1.165, 1.54) is 6.07 Å². The Morgan fingerprint density at radius 1 is 1.50 bits per heavy atom. The first-order valence-corrected chi connectivity index (χ1v) is 3.99. The number of hydrogen-bond acceptors (Lipinski definition) is 2. The number of phenols is 1. The van der Waals surface area contributed by atoms with Crippen molar-refractivity contribution in [1.29, 1.82) is 0 Å². The zero-order valence-electron chi connectivity index (χ0n) is 6.55. The van der Waals surface area contributed by atoms with Crippen LogP contribution in [-0.2, 0) is 0 Å². The number of halogens is 1. The van der Waals surface area contributed by atoms with Crippen molar-refractivity contribution in [3.05, 3.63) is 23.8 Å². The van der Waals surface area contributed by atoms with E-state index in [1.807, 2.05) is 0 Å². The molecule has 2 N–H and O–H groups in total. The molecule has 64 valence electrons. The number of aromatic hydroxyl groups is 1. The Morgan fingerprint density at radius 2 is 2.33 bits per heavy atom. The molecule has 0 aromatic heterocycles. The van der Waals surface area contributed by atoms with E-state index in [4.69, 9.17) is 0 Å². The minimum Gasteiger partial charge on any atom is -0.507 e. The molecule has 12 heavy (non-hydrogen) atoms. The molecule has 0 radical (unpaired) electrons. The highest BCUT2D eigenvalue weighted by Crippen LogP contribution is 2.38. The second-order valence-corrected chi connectivity index (χ2v) is 2.92. The van der Waals surface area contributed by atoms with Crippen LogP contribution in [-0.4, -0.2) is 11.7 Å². The van der Waals surface area contributed by atoms with E-state index < -0.39 is 6.17 Å². The van der Waals surface area contributed by atoms with Gasteiger partial charge in [0.2, 0.25) is 0 Å². The van der Waals surface area contributed by atoms with Gasteiger partial charge in [0.15, 0.2) is 0 Å². The average molecular weight is 167 g/mol. The number of alkyl halides is 1. The SMILES string of the molecule is Oc1cccc2c1C(F)CCN2. The van der Waals surface area contributed by atoms with Crippen LogP contribution in [0.4, 0.5) is 10.1 Å². The molecule has 0 saturated heterocycles. The van der Waals surface area contributed by atoms with Gasteiger partial charge in [-0.2, -0.15) is 0 Å². The number of fused-ring (bicyclic) bond motifs is 1. The van der Waals surface area contributed by atoms with Gasteiger partial charge >= 0.3 is 0 Å². The molecule has 0 amide bonds. The van der Waals surface area contributed by atoms with Crippen molar-refractivity contribution in [3.63, 3.8) is 0 Å². The predicted molar refractivity (Wildman–Crippen MR) is 45.1 cm³/mol. The summed E-state index contributed by atoms with van der Waals surface area (Å²) in [4.78, 5) is 0. The second kappa shape index (κ2) is 2.66. The van der Waals surface area contributed by atoms with Crippen molar-refractivity contribution >= 4 is 5.69 Å². The number of benzene rings is 1. The Bertz CT molecular complexity index is 301. The van der Waals surface area contributed by atoms with Crippen molar-refractivity contribution in [2.75, 3.05) is 11.9 Å². The summed E-state index contributed by atoms with van der Waals surface area (Å²) in [6.45, 7) is 0.637. The maximum Gasteiger partial charge on any atom is 0.132 e. The van der Waals surface area contributed by atoms with E-state index in [0.29, 0.717) is 24.2 Å². The van der Waals surface area contributed by atoms with Crippen molar-refractivity contribution in [3.8, 4) is 5.75 Å². The van der Waals surface area contributed by atoms with E-state index in [9.17, 15) is 9.50 Å². The third-order valence-electron chi connectivity index (χ3n) is 2.11. The van der Waals surface area contributed by atoms with Gasteiger partial charge in [-0.25, -0.2) is 4.39 Å². The zero-order chi connectivity index (χ0) is 8.55. The molecular formula is C9H10FNO. The molecule has 1 aliphatic heterocycles. The minimum atomic E-state index is -1.03. The van der Waals surface area contributed by atoms with Crippen molar-refractivity contribution in [2.45, 2.75) is 12.6 Å². The van der Waals surface area contributed by atoms with E-state index in [-0.39, 0.29) is 5.75 Å². The molecule has 2 nitrogen and oxygen atoms in total. The van der Waals surface area contributed by atoms with Gasteiger partial charge in [0, 0.05) is 18.7 Å². The summed E-state index contributed by atoms with van der Waals surface area (Å²) in [7, 11) is 0. The molecule has 2 rings (SSSR count). The number of anilines is 1. The Labute approximate surface area is 70.0 Å². The maximum atomic E-state index is 13.2. The Balaban J connectivity index is 2.53. The van der Waals surface area contributed by atoms with Crippen LogP contribution >= 0.6 is 0 Å². The van der Waals surface area contributed by atoms with Crippen molar-refractivity contribution in [1.82, 2.24) is 0 Å². The fourth-order valence-corrected chi connectivity index (χ4v) is 1.51. The van der Waals surface area contributed by atoms with Crippen LogP contribution < -0.4 is 5.32 Å². The number of hydrogen-bond donors (Lipinski definition) is 2. The van der Waals surface area contributed by atoms with Crippen LogP contribution in [0.15, 0.2) is 18.2 Å². The van der Waals surface area contributed by atoms with Crippen molar-refractivity contribution in [2.24, 2.45) is 0 Å². The van der Waals surface area contributed by atoms with Gasteiger partial charge in [-0.15, -0.1) is 0 Å². The van der Waals surface area contributed by atoms with Gasteiger partial charge < -0.3 is 10.4 Å². The van der Waals surface area contributed by atoms with Crippen LogP contribution in [0.5, 0.6) is 5.75 Å². The van der Waals surface area contributed by atoms with E-state index in [0.717, 1.165) is 0 Å². The summed E-state index contributed by atoms with van der Waals surface area (Å²) in [5.74, 6) is 0.0483. The van der Waals surface area contributed by atoms with Gasteiger partial charge in [-0.3, -0.25) is 0 Å². The molecule has 0 aliphatic carbocycles. The molecule has 1 unspecified atom stereocenters. The molecule has 0 spiro atoms. The third-order valence-corrected chi connectivity index (χ3v) is 2.11. The predicted octanol–water partition coefficient (Wildman–Crippen LogP) is 2.22. The van der Waals surface area contributed by atoms with Gasteiger partial charge in [0.05, 0.1) is 5.56 Å². The Morgan fingerprint density at radius 3 is 3.08 bits per heavy atom. The first-order valence-electron chi connectivity index (χ1n) is 3.99. The topological polar surface area (TPSA) is 32.3 Å². The Kier molecular flexibility index (Phi) is 1.64. The highest BCUT2D eigenvalue weighted by Gasteiger charge is 2.21. The lowest BCUT2D eigenvalue weighted by Crippen LogP contribution is -2.13. The van der Waals surface area contributed by atoms with Crippen LogP contribution in [0.2, 0.25) is 0 Å². The molecule has 1 atom stereocenters. The number of phenolic OH excluding ortho intramolecular Hbond substituents is 1. The molecule has 3 heteroatoms. The summed E-state index contributed by atoms with van der Waals surface area (Å²) in [5, 5.41) is 12.4. The smallest absolute Gasteiger partial charge is 0.132 e. The molecule has 1 aliphatic rings. The lowest BCUT2D eigenvalue weighted by atomic mass is 10.0. The maximum absolute atomic E-state index is 13.2. The highest BCUT2D eigenvalue weighted by molar-refractivity contribution is 5.59. The summed E-state index contributed by atoms with van der Waals surface area (Å²) < 4.78 is 13.2. The standard InChI is InChI=1S/C9H10FNO/c10-6-4-5-11-7-2-1-3-8(12)9(6)7/h1-3,6,11-12H,4-5H2. The Hall–Kier alpha value is -1.25. The molecule has 1 heterocycles. The fraction of sp³-hybridized carbons (Fsp3) is 0.333. The lowest BCUT2D eigenvalue weighted by Gasteiger charge is -2.21. The summed E-state index contributed by atoms with van der Waals surface area (Å²) >= 11 is 0. The fourth-order valence-electron chi connectivity index (χ4n) is 1.51. The van der Waals surface area contributed by atoms with E-state index in [1.54, 1.807) is 12.1 Å². The average Bonchev–Trinajstić information content (AvgIpc) is 2.04. The molecular weight excluding hydrogens is 157 g/mol. The summed E-state index contributed by atoms with van der Waals surface area (Å²) in [6, 6.07) is 5.00. The van der Waals surface area contributed by atoms with Crippen LogP contribution in [0.1, 0.15) is 18.2 Å². The first kappa shape index (κ1) is 7.40. The normalized spacial score (nSPS) is 21.2. The van der Waals surface area contributed by atoms with Gasteiger partial charge in [0.25, 0.3) is 0 Å². The third kappa shape index (κ3) is 1.02. The minimum absolute atomic E-state index is 0.0483. The quantitative estimate of drug-likeness (QED) is 0.621. The molecule has 0 fully saturated rings. The van der Waals surface area contributed by atoms with Gasteiger partial charge in [-0.05, 0) is 12.1 Å². The molecule has 0 bridgehead atoms. The molecule has 1 aromatic rings. The second-order valence-electron chi connectivity index (χ2n) is 2.92. The van der Waals surface area contributed by atoms with Crippen molar-refractivity contribution < 1.29 is 9.50 Å².